The van der Waals surface area contributed by atoms with Gasteiger partial charge in [-0.25, -0.2) is 4.98 Å². The van der Waals surface area contributed by atoms with Gasteiger partial charge >= 0.3 is 0 Å². The second-order valence-corrected chi connectivity index (χ2v) is 7.72. The SMILES string of the molecule is COc1ccc(CCNC(=NCCc2ccco2)N2CCN(c3ccccn3)CC2)cc1. The number of furan rings is 1. The van der Waals surface area contributed by atoms with Crippen LogP contribution >= 0.6 is 0 Å². The van der Waals surface area contributed by atoms with Gasteiger partial charge in [-0.15, -0.1) is 0 Å². The van der Waals surface area contributed by atoms with Crippen LogP contribution in [0.5, 0.6) is 5.75 Å². The minimum absolute atomic E-state index is 0.693. The van der Waals surface area contributed by atoms with Crippen LogP contribution in [0, 0.1) is 0 Å². The van der Waals surface area contributed by atoms with Gasteiger partial charge in [-0.3, -0.25) is 4.99 Å². The number of rotatable bonds is 8. The fourth-order valence-corrected chi connectivity index (χ4v) is 3.79. The fourth-order valence-electron chi connectivity index (χ4n) is 3.79. The number of methoxy groups -OCH3 is 1. The van der Waals surface area contributed by atoms with Gasteiger partial charge in [0.05, 0.1) is 13.4 Å². The van der Waals surface area contributed by atoms with E-state index in [1.807, 2.05) is 42.6 Å². The van der Waals surface area contributed by atoms with Crippen LogP contribution in [0.3, 0.4) is 0 Å². The van der Waals surface area contributed by atoms with Crippen LogP contribution in [0.2, 0.25) is 0 Å². The van der Waals surface area contributed by atoms with Gasteiger partial charge in [0, 0.05) is 51.9 Å². The van der Waals surface area contributed by atoms with Gasteiger partial charge < -0.3 is 24.3 Å². The molecule has 1 aliphatic rings. The van der Waals surface area contributed by atoms with Crippen LogP contribution in [0.15, 0.2) is 76.5 Å². The zero-order valence-electron chi connectivity index (χ0n) is 18.6. The zero-order valence-corrected chi connectivity index (χ0v) is 18.6. The first kappa shape index (κ1) is 21.7. The number of ether oxygens (including phenoxy) is 1. The smallest absolute Gasteiger partial charge is 0.194 e. The number of pyridine rings is 1. The van der Waals surface area contributed by atoms with Crippen molar-refractivity contribution in [2.24, 2.45) is 4.99 Å². The normalized spacial score (nSPS) is 14.5. The van der Waals surface area contributed by atoms with Gasteiger partial charge in [0.2, 0.25) is 0 Å². The average molecular weight is 434 g/mol. The third-order valence-corrected chi connectivity index (χ3v) is 5.61. The molecule has 0 spiro atoms. The molecule has 1 aromatic carbocycles. The number of hydrogen-bond acceptors (Lipinski definition) is 5. The van der Waals surface area contributed by atoms with E-state index in [0.717, 1.165) is 68.9 Å². The number of hydrogen-bond donors (Lipinski definition) is 1. The molecule has 168 valence electrons. The minimum atomic E-state index is 0.693. The van der Waals surface area contributed by atoms with Gasteiger partial charge in [0.1, 0.15) is 17.3 Å². The molecule has 0 bridgehead atoms. The highest BCUT2D eigenvalue weighted by atomic mass is 16.5. The van der Waals surface area contributed by atoms with E-state index in [2.05, 4.69) is 38.3 Å². The molecule has 0 atom stereocenters. The third kappa shape index (κ3) is 6.03. The lowest BCUT2D eigenvalue weighted by atomic mass is 10.1. The number of aliphatic imine (C=N–C) groups is 1. The van der Waals surface area contributed by atoms with Crippen LogP contribution in [0.1, 0.15) is 11.3 Å². The molecule has 7 nitrogen and oxygen atoms in total. The van der Waals surface area contributed by atoms with E-state index in [9.17, 15) is 0 Å². The quantitative estimate of drug-likeness (QED) is 0.435. The van der Waals surface area contributed by atoms with Crippen LogP contribution in [0.25, 0.3) is 0 Å². The second-order valence-electron chi connectivity index (χ2n) is 7.72. The molecule has 1 N–H and O–H groups in total. The van der Waals surface area contributed by atoms with Crippen molar-refractivity contribution < 1.29 is 9.15 Å². The predicted molar refractivity (Wildman–Crippen MR) is 127 cm³/mol. The summed E-state index contributed by atoms with van der Waals surface area (Å²) < 4.78 is 10.7. The van der Waals surface area contributed by atoms with Crippen molar-refractivity contribution in [3.8, 4) is 5.75 Å². The molecular formula is C25H31N5O2. The summed E-state index contributed by atoms with van der Waals surface area (Å²) in [6.45, 7) is 5.19. The molecule has 2 aromatic heterocycles. The molecule has 0 radical (unpaired) electrons. The molecule has 0 unspecified atom stereocenters. The van der Waals surface area contributed by atoms with Crippen molar-refractivity contribution in [1.29, 1.82) is 0 Å². The molecule has 3 heterocycles. The molecule has 1 aliphatic heterocycles. The first-order valence-corrected chi connectivity index (χ1v) is 11.2. The van der Waals surface area contributed by atoms with E-state index >= 15 is 0 Å². The van der Waals surface area contributed by atoms with Crippen molar-refractivity contribution in [2.75, 3.05) is 51.3 Å². The van der Waals surface area contributed by atoms with Crippen molar-refractivity contribution in [2.45, 2.75) is 12.8 Å². The monoisotopic (exact) mass is 433 g/mol. The highest BCUT2D eigenvalue weighted by Crippen LogP contribution is 2.13. The number of aromatic nitrogens is 1. The van der Waals surface area contributed by atoms with E-state index < -0.39 is 0 Å². The van der Waals surface area contributed by atoms with Crippen molar-refractivity contribution >= 4 is 11.8 Å². The van der Waals surface area contributed by atoms with Crippen molar-refractivity contribution in [1.82, 2.24) is 15.2 Å². The van der Waals surface area contributed by atoms with Gasteiger partial charge in [-0.05, 0) is 48.4 Å². The Kier molecular flexibility index (Phi) is 7.63. The first-order valence-electron chi connectivity index (χ1n) is 11.2. The molecule has 0 amide bonds. The first-order chi connectivity index (χ1) is 15.8. The largest absolute Gasteiger partial charge is 0.497 e. The molecule has 1 fully saturated rings. The Bertz CT molecular complexity index is 950. The molecule has 0 saturated carbocycles. The Balaban J connectivity index is 1.34. The molecule has 1 saturated heterocycles. The molecule has 3 aromatic rings. The Morgan fingerprint density at radius 1 is 1.03 bits per heavy atom. The summed E-state index contributed by atoms with van der Waals surface area (Å²) >= 11 is 0. The number of nitrogens with one attached hydrogen (secondary N) is 1. The van der Waals surface area contributed by atoms with Crippen molar-refractivity contribution in [3.05, 3.63) is 78.4 Å². The summed E-state index contributed by atoms with van der Waals surface area (Å²) in [6, 6.07) is 18.2. The summed E-state index contributed by atoms with van der Waals surface area (Å²) in [5.74, 6) is 3.85. The average Bonchev–Trinajstić information content (AvgIpc) is 3.38. The molecule has 32 heavy (non-hydrogen) atoms. The molecule has 0 aliphatic carbocycles. The summed E-state index contributed by atoms with van der Waals surface area (Å²) in [5, 5.41) is 3.58. The van der Waals surface area contributed by atoms with Crippen LogP contribution in [0.4, 0.5) is 5.82 Å². The van der Waals surface area contributed by atoms with Gasteiger partial charge in [0.15, 0.2) is 5.96 Å². The molecule has 4 rings (SSSR count). The zero-order chi connectivity index (χ0) is 22.0. The van der Waals surface area contributed by atoms with Gasteiger partial charge in [0.25, 0.3) is 0 Å². The van der Waals surface area contributed by atoms with Gasteiger partial charge in [-0.1, -0.05) is 18.2 Å². The topological polar surface area (TPSA) is 66.1 Å². The third-order valence-electron chi connectivity index (χ3n) is 5.61. The Morgan fingerprint density at radius 2 is 1.88 bits per heavy atom. The lowest BCUT2D eigenvalue weighted by Crippen LogP contribution is -2.53. The van der Waals surface area contributed by atoms with E-state index in [4.69, 9.17) is 14.1 Å². The standard InChI is InChI=1S/C25H31N5O2/c1-31-22-9-7-21(8-10-22)11-14-27-25(28-15-12-23-5-4-20-32-23)30-18-16-29(17-19-30)24-6-2-3-13-26-24/h2-10,13,20H,11-12,14-19H2,1H3,(H,27,28). The number of guanidine groups is 1. The minimum Gasteiger partial charge on any atom is -0.497 e. The number of piperazine rings is 1. The summed E-state index contributed by atoms with van der Waals surface area (Å²) in [6.07, 6.45) is 5.29. The van der Waals surface area contributed by atoms with E-state index in [0.29, 0.717) is 6.54 Å². The number of benzene rings is 1. The summed E-state index contributed by atoms with van der Waals surface area (Å²) in [4.78, 5) is 14.1. The van der Waals surface area contributed by atoms with Crippen LogP contribution < -0.4 is 15.0 Å². The van der Waals surface area contributed by atoms with Crippen LogP contribution in [-0.2, 0) is 12.8 Å². The van der Waals surface area contributed by atoms with E-state index in [-0.39, 0.29) is 0 Å². The maximum absolute atomic E-state index is 5.45. The highest BCUT2D eigenvalue weighted by Gasteiger charge is 2.20. The number of nitrogens with zero attached hydrogens (tertiary/aromatic N) is 4. The predicted octanol–water partition coefficient (Wildman–Crippen LogP) is 3.24. The Morgan fingerprint density at radius 3 is 2.56 bits per heavy atom. The molecule has 7 heteroatoms. The maximum atomic E-state index is 5.45. The maximum Gasteiger partial charge on any atom is 0.194 e. The lowest BCUT2D eigenvalue weighted by Gasteiger charge is -2.37. The molecular weight excluding hydrogens is 402 g/mol. The van der Waals surface area contributed by atoms with Gasteiger partial charge in [-0.2, -0.15) is 0 Å². The highest BCUT2D eigenvalue weighted by molar-refractivity contribution is 5.80. The Hall–Kier alpha value is -3.48. The van der Waals surface area contributed by atoms with E-state index in [1.165, 1.54) is 5.56 Å². The van der Waals surface area contributed by atoms with Crippen molar-refractivity contribution in [3.63, 3.8) is 0 Å². The fraction of sp³-hybridized carbons (Fsp3) is 0.360. The number of anilines is 1. The Labute approximate surface area is 189 Å². The summed E-state index contributed by atoms with van der Waals surface area (Å²) in [7, 11) is 1.69. The van der Waals surface area contributed by atoms with Crippen LogP contribution in [-0.4, -0.2) is 62.2 Å². The van der Waals surface area contributed by atoms with E-state index in [1.54, 1.807) is 13.4 Å². The second kappa shape index (κ2) is 11.2. The lowest BCUT2D eigenvalue weighted by molar-refractivity contribution is 0.370. The summed E-state index contributed by atoms with van der Waals surface area (Å²) in [5.41, 5.74) is 1.27.